The normalized spacial score (nSPS) is 12.0. The molecule has 0 heterocycles. The van der Waals surface area contributed by atoms with Crippen molar-refractivity contribution in [3.05, 3.63) is 175 Å². The van der Waals surface area contributed by atoms with Crippen LogP contribution in [0.15, 0.2) is 170 Å². The van der Waals surface area contributed by atoms with E-state index in [1.807, 2.05) is 0 Å². The van der Waals surface area contributed by atoms with Crippen LogP contribution in [-0.2, 0) is 5.41 Å². The Balaban J connectivity index is 1.18. The van der Waals surface area contributed by atoms with E-state index in [-0.39, 0.29) is 5.41 Å². The van der Waals surface area contributed by atoms with Gasteiger partial charge in [0.15, 0.2) is 0 Å². The summed E-state index contributed by atoms with van der Waals surface area (Å²) in [6.07, 6.45) is 0. The molecular weight excluding hydrogens is 591 g/mol. The Hall–Kier alpha value is -5.92. The molecule has 0 aromatic heterocycles. The summed E-state index contributed by atoms with van der Waals surface area (Å²) >= 11 is 0. The van der Waals surface area contributed by atoms with Crippen LogP contribution in [0.3, 0.4) is 0 Å². The summed E-state index contributed by atoms with van der Waals surface area (Å²) in [4.78, 5) is 2.41. The van der Waals surface area contributed by atoms with Crippen LogP contribution < -0.4 is 4.90 Å². The Bertz CT molecular complexity index is 2500. The SMILES string of the molecule is CC(C)(C)c1ccccc1N(c1ccccc1)c1ccc2cc3c(cc2c1)-c1cc2cc(-c4ccccc4)c(-c4ccccc4)cc2cc1-3. The average Bonchev–Trinajstić information content (AvgIpc) is 3.14. The van der Waals surface area contributed by atoms with Gasteiger partial charge in [0.2, 0.25) is 0 Å². The second-order valence-corrected chi connectivity index (χ2v) is 14.2. The minimum absolute atomic E-state index is 0.00189. The molecule has 9 rings (SSSR count). The standard InChI is InChI=1S/C48H37N/c1-48(2,3)46-21-13-14-22-47(46)49(38-19-11-6-12-20-38)39-24-23-34-26-42-43(29-35(34)25-39)45-31-37-28-41(33-17-9-5-10-18-33)40(27-36(37)30-44(42)45)32-15-7-4-8-16-32/h4-31H,1-3H3. The smallest absolute Gasteiger partial charge is 0.0498 e. The van der Waals surface area contributed by atoms with Crippen molar-refractivity contribution >= 4 is 38.6 Å². The lowest BCUT2D eigenvalue weighted by Gasteiger charge is -2.32. The molecule has 8 aromatic carbocycles. The molecule has 1 aliphatic carbocycles. The van der Waals surface area contributed by atoms with Gasteiger partial charge in [-0.25, -0.2) is 0 Å². The first-order valence-corrected chi connectivity index (χ1v) is 17.2. The molecule has 0 unspecified atom stereocenters. The number of para-hydroxylation sites is 2. The molecule has 0 saturated carbocycles. The molecule has 0 N–H and O–H groups in total. The number of benzene rings is 8. The van der Waals surface area contributed by atoms with Crippen LogP contribution in [0.5, 0.6) is 0 Å². The number of anilines is 3. The summed E-state index contributed by atoms with van der Waals surface area (Å²) in [5, 5.41) is 5.05. The fraction of sp³-hybridized carbons (Fsp3) is 0.0833. The molecular formula is C48H37N. The summed E-state index contributed by atoms with van der Waals surface area (Å²) in [7, 11) is 0. The lowest BCUT2D eigenvalue weighted by molar-refractivity contribution is 0.591. The van der Waals surface area contributed by atoms with Crippen molar-refractivity contribution < 1.29 is 0 Å². The van der Waals surface area contributed by atoms with Gasteiger partial charge in [-0.15, -0.1) is 0 Å². The lowest BCUT2D eigenvalue weighted by Crippen LogP contribution is -2.19. The number of nitrogens with zero attached hydrogens (tertiary/aromatic N) is 1. The van der Waals surface area contributed by atoms with Gasteiger partial charge < -0.3 is 4.90 Å². The lowest BCUT2D eigenvalue weighted by atomic mass is 9.77. The van der Waals surface area contributed by atoms with Crippen LogP contribution in [0.4, 0.5) is 17.1 Å². The highest BCUT2D eigenvalue weighted by Crippen LogP contribution is 2.52. The predicted octanol–water partition coefficient (Wildman–Crippen LogP) is 13.7. The molecule has 0 fully saturated rings. The zero-order chi connectivity index (χ0) is 33.1. The quantitative estimate of drug-likeness (QED) is 0.183. The van der Waals surface area contributed by atoms with E-state index in [1.54, 1.807) is 0 Å². The highest BCUT2D eigenvalue weighted by atomic mass is 15.1. The first-order valence-electron chi connectivity index (χ1n) is 17.2. The van der Waals surface area contributed by atoms with Crippen molar-refractivity contribution in [3.8, 4) is 44.5 Å². The molecule has 0 saturated heterocycles. The van der Waals surface area contributed by atoms with E-state index in [4.69, 9.17) is 0 Å². The Labute approximate surface area is 288 Å². The Morgan fingerprint density at radius 2 is 0.776 bits per heavy atom. The molecule has 234 valence electrons. The van der Waals surface area contributed by atoms with Gasteiger partial charge in [0, 0.05) is 17.1 Å². The number of fused-ring (bicyclic) bond motifs is 6. The fourth-order valence-corrected chi connectivity index (χ4v) is 7.62. The van der Waals surface area contributed by atoms with Crippen molar-refractivity contribution in [1.29, 1.82) is 0 Å². The van der Waals surface area contributed by atoms with E-state index in [1.165, 1.54) is 77.3 Å². The molecule has 0 bridgehead atoms. The first-order chi connectivity index (χ1) is 23.9. The molecule has 0 aliphatic heterocycles. The van der Waals surface area contributed by atoms with Crippen LogP contribution in [0, 0.1) is 0 Å². The molecule has 8 aromatic rings. The second-order valence-electron chi connectivity index (χ2n) is 14.2. The molecule has 0 atom stereocenters. The Morgan fingerprint density at radius 3 is 1.31 bits per heavy atom. The molecule has 1 aliphatic rings. The zero-order valence-corrected chi connectivity index (χ0v) is 28.1. The molecule has 0 radical (unpaired) electrons. The van der Waals surface area contributed by atoms with Gasteiger partial charge in [-0.3, -0.25) is 0 Å². The summed E-state index contributed by atoms with van der Waals surface area (Å²) in [5.74, 6) is 0. The maximum absolute atomic E-state index is 2.41. The van der Waals surface area contributed by atoms with Crippen LogP contribution >= 0.6 is 0 Å². The van der Waals surface area contributed by atoms with E-state index < -0.39 is 0 Å². The van der Waals surface area contributed by atoms with Gasteiger partial charge in [0.1, 0.15) is 0 Å². The third-order valence-corrected chi connectivity index (χ3v) is 10.0. The summed E-state index contributed by atoms with van der Waals surface area (Å²) in [5.41, 5.74) is 15.2. The van der Waals surface area contributed by atoms with Crippen LogP contribution in [0.2, 0.25) is 0 Å². The largest absolute Gasteiger partial charge is 0.310 e. The van der Waals surface area contributed by atoms with Crippen LogP contribution in [0.1, 0.15) is 26.3 Å². The maximum atomic E-state index is 2.41. The van der Waals surface area contributed by atoms with Crippen LogP contribution in [0.25, 0.3) is 66.1 Å². The Morgan fingerprint density at radius 1 is 0.347 bits per heavy atom. The maximum Gasteiger partial charge on any atom is 0.0498 e. The Kier molecular flexibility index (Phi) is 6.78. The third-order valence-electron chi connectivity index (χ3n) is 10.0. The monoisotopic (exact) mass is 627 g/mol. The topological polar surface area (TPSA) is 3.24 Å². The number of hydrogen-bond donors (Lipinski definition) is 0. The van der Waals surface area contributed by atoms with Crippen molar-refractivity contribution in [2.24, 2.45) is 0 Å². The molecule has 1 nitrogen and oxygen atoms in total. The highest BCUT2D eigenvalue weighted by molar-refractivity contribution is 6.13. The van der Waals surface area contributed by atoms with E-state index in [0.29, 0.717) is 0 Å². The van der Waals surface area contributed by atoms with Gasteiger partial charge in [0.25, 0.3) is 0 Å². The minimum Gasteiger partial charge on any atom is -0.310 e. The van der Waals surface area contributed by atoms with E-state index in [0.717, 1.165) is 11.4 Å². The van der Waals surface area contributed by atoms with Gasteiger partial charge in [0.05, 0.1) is 0 Å². The van der Waals surface area contributed by atoms with Crippen molar-refractivity contribution in [1.82, 2.24) is 0 Å². The zero-order valence-electron chi connectivity index (χ0n) is 28.1. The molecule has 49 heavy (non-hydrogen) atoms. The van der Waals surface area contributed by atoms with Gasteiger partial charge in [-0.05, 0) is 144 Å². The van der Waals surface area contributed by atoms with Crippen molar-refractivity contribution in [2.45, 2.75) is 26.2 Å². The predicted molar refractivity (Wildman–Crippen MR) is 210 cm³/mol. The summed E-state index contributed by atoms with van der Waals surface area (Å²) in [6, 6.07) is 62.4. The van der Waals surface area contributed by atoms with Crippen LogP contribution in [-0.4, -0.2) is 0 Å². The van der Waals surface area contributed by atoms with E-state index in [9.17, 15) is 0 Å². The van der Waals surface area contributed by atoms with Gasteiger partial charge in [-0.2, -0.15) is 0 Å². The van der Waals surface area contributed by atoms with Gasteiger partial charge >= 0.3 is 0 Å². The van der Waals surface area contributed by atoms with E-state index >= 15 is 0 Å². The molecule has 1 heteroatoms. The van der Waals surface area contributed by atoms with E-state index in [2.05, 4.69) is 196 Å². The molecule has 0 amide bonds. The fourth-order valence-electron chi connectivity index (χ4n) is 7.62. The highest BCUT2D eigenvalue weighted by Gasteiger charge is 2.26. The number of rotatable bonds is 5. The van der Waals surface area contributed by atoms with Crippen molar-refractivity contribution in [2.75, 3.05) is 4.90 Å². The summed E-state index contributed by atoms with van der Waals surface area (Å²) < 4.78 is 0. The third kappa shape index (κ3) is 5.02. The van der Waals surface area contributed by atoms with Crippen molar-refractivity contribution in [3.63, 3.8) is 0 Å². The molecule has 0 spiro atoms. The first kappa shape index (κ1) is 29.2. The second kappa shape index (κ2) is 11.4. The van der Waals surface area contributed by atoms with Gasteiger partial charge in [-0.1, -0.05) is 124 Å². The average molecular weight is 628 g/mol. The summed E-state index contributed by atoms with van der Waals surface area (Å²) in [6.45, 7) is 6.88. The minimum atomic E-state index is -0.00189. The number of hydrogen-bond acceptors (Lipinski definition) is 1.